The molecule has 1 rings (SSSR count). The van der Waals surface area contributed by atoms with E-state index >= 15 is 0 Å². The number of halogens is 5. The maximum Gasteiger partial charge on any atom is 0.574 e. The van der Waals surface area contributed by atoms with Crippen LogP contribution in [0.1, 0.15) is 34.8 Å². The first-order valence-electron chi connectivity index (χ1n) is 5.64. The summed E-state index contributed by atoms with van der Waals surface area (Å²) < 4.78 is 70.8. The zero-order valence-corrected chi connectivity index (χ0v) is 10.7. The van der Waals surface area contributed by atoms with Crippen LogP contribution in [0.3, 0.4) is 0 Å². The van der Waals surface area contributed by atoms with Crippen molar-refractivity contribution in [3.05, 3.63) is 22.9 Å². The maximum absolute atomic E-state index is 13.1. The van der Waals surface area contributed by atoms with Gasteiger partial charge in [0, 0.05) is 23.9 Å². The Morgan fingerprint density at radius 3 is 2.48 bits per heavy atom. The van der Waals surface area contributed by atoms with Gasteiger partial charge in [-0.2, -0.15) is 0 Å². The Balaban J connectivity index is 3.41. The molecule has 0 atom stereocenters. The lowest BCUT2D eigenvalue weighted by Gasteiger charge is -2.16. The second kappa shape index (κ2) is 6.66. The van der Waals surface area contributed by atoms with Crippen LogP contribution in [-0.4, -0.2) is 23.9 Å². The summed E-state index contributed by atoms with van der Waals surface area (Å²) >= 11 is 0. The van der Waals surface area contributed by atoms with Gasteiger partial charge >= 0.3 is 12.3 Å². The molecule has 0 aromatic carbocycles. The fourth-order valence-corrected chi connectivity index (χ4v) is 1.56. The van der Waals surface area contributed by atoms with E-state index < -0.39 is 47.9 Å². The lowest BCUT2D eigenvalue weighted by molar-refractivity contribution is -0.276. The number of hydrogen-bond donors (Lipinski definition) is 1. The lowest BCUT2D eigenvalue weighted by Crippen LogP contribution is -2.22. The number of nitrogens with two attached hydrogens (primary N) is 1. The molecule has 0 fully saturated rings. The number of esters is 1. The Labute approximate surface area is 115 Å². The summed E-state index contributed by atoms with van der Waals surface area (Å²) in [6, 6.07) is 0. The van der Waals surface area contributed by atoms with Crippen LogP contribution in [0.4, 0.5) is 22.0 Å². The molecule has 0 spiro atoms. The van der Waals surface area contributed by atoms with Gasteiger partial charge in [-0.15, -0.1) is 13.2 Å². The van der Waals surface area contributed by atoms with Gasteiger partial charge in [0.25, 0.3) is 6.43 Å². The number of rotatable bonds is 5. The first-order chi connectivity index (χ1) is 9.71. The van der Waals surface area contributed by atoms with E-state index in [1.54, 1.807) is 0 Å². The number of aromatic nitrogens is 1. The molecular formula is C11H11F5N2O3. The van der Waals surface area contributed by atoms with Crippen molar-refractivity contribution in [2.24, 2.45) is 5.73 Å². The highest BCUT2D eigenvalue weighted by molar-refractivity contribution is 5.91. The van der Waals surface area contributed by atoms with Crippen LogP contribution in [0, 0.1) is 0 Å². The molecule has 0 radical (unpaired) electrons. The molecule has 1 aromatic heterocycles. The summed E-state index contributed by atoms with van der Waals surface area (Å²) in [5.41, 5.74) is 2.84. The Kier molecular flexibility index (Phi) is 5.41. The predicted octanol–water partition coefficient (Wildman–Crippen LogP) is 2.55. The molecule has 10 heteroatoms. The largest absolute Gasteiger partial charge is 0.574 e. The van der Waals surface area contributed by atoms with Crippen LogP contribution in [-0.2, 0) is 11.3 Å². The molecule has 5 nitrogen and oxygen atoms in total. The Morgan fingerprint density at radius 2 is 2.05 bits per heavy atom. The summed E-state index contributed by atoms with van der Waals surface area (Å²) in [7, 11) is 0. The summed E-state index contributed by atoms with van der Waals surface area (Å²) in [6.45, 7) is 0.629. The van der Waals surface area contributed by atoms with Crippen molar-refractivity contribution in [2.75, 3.05) is 6.61 Å². The fourth-order valence-electron chi connectivity index (χ4n) is 1.56. The lowest BCUT2D eigenvalue weighted by atomic mass is 10.0. The van der Waals surface area contributed by atoms with Crippen molar-refractivity contribution in [3.63, 3.8) is 0 Å². The molecule has 21 heavy (non-hydrogen) atoms. The third kappa shape index (κ3) is 4.25. The van der Waals surface area contributed by atoms with E-state index in [0.717, 1.165) is 0 Å². The standard InChI is InChI=1S/C11H11F5N2O3/c1-2-20-10(19)6-4-18-9(21-11(14,15)16)5(3-17)7(6)8(12)13/h4,8H,2-3,17H2,1H3. The van der Waals surface area contributed by atoms with Crippen LogP contribution in [0.2, 0.25) is 0 Å². The van der Waals surface area contributed by atoms with Crippen LogP contribution < -0.4 is 10.5 Å². The third-order valence-corrected chi connectivity index (χ3v) is 2.31. The summed E-state index contributed by atoms with van der Waals surface area (Å²) in [6.07, 6.45) is -7.83. The molecule has 2 N–H and O–H groups in total. The van der Waals surface area contributed by atoms with Crippen LogP contribution >= 0.6 is 0 Å². The molecule has 0 saturated carbocycles. The summed E-state index contributed by atoms with van der Waals surface area (Å²) in [5, 5.41) is 0. The van der Waals surface area contributed by atoms with Crippen LogP contribution in [0.15, 0.2) is 6.20 Å². The number of alkyl halides is 5. The quantitative estimate of drug-likeness (QED) is 0.668. The van der Waals surface area contributed by atoms with Gasteiger partial charge in [-0.05, 0) is 6.92 Å². The molecule has 0 aliphatic heterocycles. The first-order valence-corrected chi connectivity index (χ1v) is 5.64. The second-order valence-corrected chi connectivity index (χ2v) is 3.64. The van der Waals surface area contributed by atoms with Gasteiger partial charge in [0.15, 0.2) is 0 Å². The van der Waals surface area contributed by atoms with Gasteiger partial charge in [-0.25, -0.2) is 18.6 Å². The minimum Gasteiger partial charge on any atom is -0.462 e. The van der Waals surface area contributed by atoms with E-state index in [0.29, 0.717) is 6.20 Å². The number of hydrogen-bond acceptors (Lipinski definition) is 5. The van der Waals surface area contributed by atoms with E-state index in [-0.39, 0.29) is 6.61 Å². The predicted molar refractivity (Wildman–Crippen MR) is 59.7 cm³/mol. The van der Waals surface area contributed by atoms with Gasteiger partial charge in [0.05, 0.1) is 12.2 Å². The maximum atomic E-state index is 13.1. The highest BCUT2D eigenvalue weighted by atomic mass is 19.4. The first kappa shape index (κ1) is 17.1. The highest BCUT2D eigenvalue weighted by Crippen LogP contribution is 2.34. The minimum absolute atomic E-state index is 0.0970. The van der Waals surface area contributed by atoms with Crippen LogP contribution in [0.25, 0.3) is 0 Å². The topological polar surface area (TPSA) is 74.4 Å². The number of pyridine rings is 1. The van der Waals surface area contributed by atoms with E-state index in [1.165, 1.54) is 6.92 Å². The van der Waals surface area contributed by atoms with Gasteiger partial charge < -0.3 is 15.2 Å². The van der Waals surface area contributed by atoms with Gasteiger partial charge in [0.2, 0.25) is 5.88 Å². The van der Waals surface area contributed by atoms with Crippen molar-refractivity contribution in [2.45, 2.75) is 26.3 Å². The number of ether oxygens (including phenoxy) is 2. The Hall–Kier alpha value is -1.97. The summed E-state index contributed by atoms with van der Waals surface area (Å²) in [4.78, 5) is 14.8. The SMILES string of the molecule is CCOC(=O)c1cnc(OC(F)(F)F)c(CN)c1C(F)F. The average molecular weight is 314 g/mol. The highest BCUT2D eigenvalue weighted by Gasteiger charge is 2.35. The van der Waals surface area contributed by atoms with Gasteiger partial charge in [-0.1, -0.05) is 0 Å². The zero-order chi connectivity index (χ0) is 16.2. The smallest absolute Gasteiger partial charge is 0.462 e. The average Bonchev–Trinajstić information content (AvgIpc) is 2.36. The van der Waals surface area contributed by atoms with E-state index in [9.17, 15) is 26.7 Å². The van der Waals surface area contributed by atoms with Crippen molar-refractivity contribution in [1.82, 2.24) is 4.98 Å². The van der Waals surface area contributed by atoms with Crippen molar-refractivity contribution < 1.29 is 36.2 Å². The van der Waals surface area contributed by atoms with E-state index in [2.05, 4.69) is 14.5 Å². The normalized spacial score (nSPS) is 11.6. The number of carbonyl (C=O) groups excluding carboxylic acids is 1. The minimum atomic E-state index is -5.12. The molecular weight excluding hydrogens is 303 g/mol. The Bertz CT molecular complexity index is 519. The fraction of sp³-hybridized carbons (Fsp3) is 0.455. The monoisotopic (exact) mass is 314 g/mol. The Morgan fingerprint density at radius 1 is 1.43 bits per heavy atom. The molecule has 0 amide bonds. The van der Waals surface area contributed by atoms with E-state index in [4.69, 9.17) is 5.73 Å². The zero-order valence-electron chi connectivity index (χ0n) is 10.7. The molecule has 118 valence electrons. The molecule has 0 bridgehead atoms. The van der Waals surface area contributed by atoms with Crippen molar-refractivity contribution in [3.8, 4) is 5.88 Å². The van der Waals surface area contributed by atoms with Gasteiger partial charge in [-0.3, -0.25) is 0 Å². The third-order valence-electron chi connectivity index (χ3n) is 2.31. The molecule has 0 saturated heterocycles. The molecule has 1 aromatic rings. The van der Waals surface area contributed by atoms with Gasteiger partial charge in [0.1, 0.15) is 0 Å². The molecule has 1 heterocycles. The second-order valence-electron chi connectivity index (χ2n) is 3.64. The van der Waals surface area contributed by atoms with Crippen LogP contribution in [0.5, 0.6) is 5.88 Å². The van der Waals surface area contributed by atoms with Crippen molar-refractivity contribution >= 4 is 5.97 Å². The molecule has 0 aliphatic carbocycles. The summed E-state index contributed by atoms with van der Waals surface area (Å²) in [5.74, 6) is -2.25. The van der Waals surface area contributed by atoms with Crippen molar-refractivity contribution in [1.29, 1.82) is 0 Å². The number of nitrogens with zero attached hydrogens (tertiary/aromatic N) is 1. The molecule has 0 unspecified atom stereocenters. The molecule has 0 aliphatic rings. The number of carbonyl (C=O) groups is 1. The van der Waals surface area contributed by atoms with E-state index in [1.807, 2.05) is 0 Å².